The van der Waals surface area contributed by atoms with Crippen molar-refractivity contribution in [3.63, 3.8) is 0 Å². The fraction of sp³-hybridized carbons (Fsp3) is 0.364. The molecule has 16 heavy (non-hydrogen) atoms. The van der Waals surface area contributed by atoms with Crippen LogP contribution in [0.1, 0.15) is 26.6 Å². The minimum atomic E-state index is -0.0367. The maximum Gasteiger partial charge on any atom is 0.179 e. The van der Waals surface area contributed by atoms with E-state index in [-0.39, 0.29) is 5.41 Å². The summed E-state index contributed by atoms with van der Waals surface area (Å²) in [7, 11) is 0. The summed E-state index contributed by atoms with van der Waals surface area (Å²) in [4.78, 5) is 7.38. The lowest BCUT2D eigenvalue weighted by Crippen LogP contribution is -2.16. The predicted molar refractivity (Wildman–Crippen MR) is 61.3 cm³/mol. The Kier molecular flexibility index (Phi) is 1.64. The Morgan fingerprint density at radius 2 is 2.06 bits per heavy atom. The summed E-state index contributed by atoms with van der Waals surface area (Å²) in [6, 6.07) is 1.99. The standard InChI is InChI=1S/C11H13N5/c1-11(2,3)10-15-14-8-6-13-9-7(16(8)10)4-5-12-9/h4-6,12H,1-3H3. The molecule has 0 aliphatic carbocycles. The second-order valence-electron chi connectivity index (χ2n) is 4.94. The highest BCUT2D eigenvalue weighted by Gasteiger charge is 2.22. The molecule has 0 bridgehead atoms. The number of aromatic amines is 1. The normalized spacial score (nSPS) is 12.7. The maximum absolute atomic E-state index is 4.29. The predicted octanol–water partition coefficient (Wildman–Crippen LogP) is 1.90. The molecule has 0 amide bonds. The second-order valence-corrected chi connectivity index (χ2v) is 4.94. The zero-order chi connectivity index (χ0) is 11.3. The minimum absolute atomic E-state index is 0.0367. The van der Waals surface area contributed by atoms with Gasteiger partial charge in [0.05, 0.1) is 11.7 Å². The van der Waals surface area contributed by atoms with Gasteiger partial charge in [-0.25, -0.2) is 4.98 Å². The molecule has 3 aromatic rings. The van der Waals surface area contributed by atoms with Gasteiger partial charge in [0.2, 0.25) is 0 Å². The first-order valence-corrected chi connectivity index (χ1v) is 5.25. The summed E-state index contributed by atoms with van der Waals surface area (Å²) in [5.41, 5.74) is 2.63. The lowest BCUT2D eigenvalue weighted by Gasteiger charge is -2.15. The van der Waals surface area contributed by atoms with Crippen LogP contribution in [0.3, 0.4) is 0 Å². The average Bonchev–Trinajstić information content (AvgIpc) is 2.81. The van der Waals surface area contributed by atoms with E-state index in [4.69, 9.17) is 0 Å². The van der Waals surface area contributed by atoms with Gasteiger partial charge in [-0.2, -0.15) is 0 Å². The van der Waals surface area contributed by atoms with Crippen LogP contribution in [0.15, 0.2) is 18.5 Å². The molecule has 3 heterocycles. The summed E-state index contributed by atoms with van der Waals surface area (Å²) in [5, 5.41) is 8.41. The number of hydrogen-bond donors (Lipinski definition) is 1. The molecule has 0 spiro atoms. The number of rotatable bonds is 0. The molecular weight excluding hydrogens is 202 g/mol. The fourth-order valence-electron chi connectivity index (χ4n) is 1.86. The van der Waals surface area contributed by atoms with Crippen molar-refractivity contribution in [2.75, 3.05) is 0 Å². The molecule has 5 heteroatoms. The summed E-state index contributed by atoms with van der Waals surface area (Å²) >= 11 is 0. The lowest BCUT2D eigenvalue weighted by molar-refractivity contribution is 0.541. The highest BCUT2D eigenvalue weighted by Crippen LogP contribution is 2.23. The Bertz CT molecular complexity index is 656. The van der Waals surface area contributed by atoms with Crippen LogP contribution < -0.4 is 0 Å². The Morgan fingerprint density at radius 3 is 2.81 bits per heavy atom. The molecule has 0 aliphatic rings. The number of nitrogens with zero attached hydrogens (tertiary/aromatic N) is 4. The average molecular weight is 215 g/mol. The summed E-state index contributed by atoms with van der Waals surface area (Å²) in [5.74, 6) is 0.953. The highest BCUT2D eigenvalue weighted by molar-refractivity contribution is 5.74. The molecule has 0 atom stereocenters. The SMILES string of the molecule is CC(C)(C)c1nnc2cnc3[nH]ccc3n12. The Morgan fingerprint density at radius 1 is 1.25 bits per heavy atom. The third-order valence-electron chi connectivity index (χ3n) is 2.61. The molecule has 3 aromatic heterocycles. The Hall–Kier alpha value is -1.91. The van der Waals surface area contributed by atoms with Gasteiger partial charge in [0, 0.05) is 11.6 Å². The van der Waals surface area contributed by atoms with Crippen LogP contribution in [0.5, 0.6) is 0 Å². The van der Waals surface area contributed by atoms with Crippen molar-refractivity contribution >= 4 is 16.8 Å². The van der Waals surface area contributed by atoms with E-state index in [0.29, 0.717) is 0 Å². The molecular formula is C11H13N5. The van der Waals surface area contributed by atoms with Crippen LogP contribution >= 0.6 is 0 Å². The van der Waals surface area contributed by atoms with E-state index in [0.717, 1.165) is 22.6 Å². The highest BCUT2D eigenvalue weighted by atomic mass is 15.3. The number of fused-ring (bicyclic) bond motifs is 3. The van der Waals surface area contributed by atoms with E-state index in [1.807, 2.05) is 12.3 Å². The monoisotopic (exact) mass is 215 g/mol. The first-order chi connectivity index (χ1) is 7.57. The largest absolute Gasteiger partial charge is 0.345 e. The van der Waals surface area contributed by atoms with Gasteiger partial charge in [-0.1, -0.05) is 20.8 Å². The summed E-state index contributed by atoms with van der Waals surface area (Å²) < 4.78 is 2.05. The van der Waals surface area contributed by atoms with Crippen LogP contribution in [-0.4, -0.2) is 24.6 Å². The Balaban J connectivity index is 2.51. The van der Waals surface area contributed by atoms with Crippen molar-refractivity contribution in [1.82, 2.24) is 24.6 Å². The molecule has 0 saturated heterocycles. The van der Waals surface area contributed by atoms with Crippen LogP contribution in [0, 0.1) is 0 Å². The number of aromatic nitrogens is 5. The first kappa shape index (κ1) is 9.33. The van der Waals surface area contributed by atoms with E-state index < -0.39 is 0 Å². The molecule has 0 unspecified atom stereocenters. The summed E-state index contributed by atoms with van der Waals surface area (Å²) in [6.07, 6.45) is 3.62. The van der Waals surface area contributed by atoms with Gasteiger partial charge in [0.25, 0.3) is 0 Å². The minimum Gasteiger partial charge on any atom is -0.345 e. The van der Waals surface area contributed by atoms with Crippen molar-refractivity contribution in [2.24, 2.45) is 0 Å². The number of H-pyrrole nitrogens is 1. The van der Waals surface area contributed by atoms with Crippen molar-refractivity contribution in [1.29, 1.82) is 0 Å². The van der Waals surface area contributed by atoms with E-state index in [2.05, 4.69) is 45.3 Å². The van der Waals surface area contributed by atoms with Crippen LogP contribution in [-0.2, 0) is 5.41 Å². The summed E-state index contributed by atoms with van der Waals surface area (Å²) in [6.45, 7) is 6.38. The molecule has 0 saturated carbocycles. The topological polar surface area (TPSA) is 58.9 Å². The molecule has 0 aromatic carbocycles. The third kappa shape index (κ3) is 1.14. The van der Waals surface area contributed by atoms with E-state index in [1.165, 1.54) is 0 Å². The van der Waals surface area contributed by atoms with E-state index in [1.54, 1.807) is 6.20 Å². The Labute approximate surface area is 92.5 Å². The van der Waals surface area contributed by atoms with Gasteiger partial charge >= 0.3 is 0 Å². The molecule has 0 aliphatic heterocycles. The number of nitrogens with one attached hydrogen (secondary N) is 1. The van der Waals surface area contributed by atoms with Gasteiger partial charge in [0.1, 0.15) is 5.82 Å². The van der Waals surface area contributed by atoms with Crippen LogP contribution in [0.25, 0.3) is 16.8 Å². The van der Waals surface area contributed by atoms with Gasteiger partial charge < -0.3 is 4.98 Å². The zero-order valence-electron chi connectivity index (χ0n) is 9.52. The van der Waals surface area contributed by atoms with Crippen molar-refractivity contribution in [2.45, 2.75) is 26.2 Å². The molecule has 0 fully saturated rings. The molecule has 0 radical (unpaired) electrons. The van der Waals surface area contributed by atoms with Crippen molar-refractivity contribution in [3.8, 4) is 0 Å². The van der Waals surface area contributed by atoms with Crippen LogP contribution in [0.2, 0.25) is 0 Å². The van der Waals surface area contributed by atoms with Gasteiger partial charge in [0.15, 0.2) is 11.3 Å². The van der Waals surface area contributed by atoms with Crippen molar-refractivity contribution in [3.05, 3.63) is 24.3 Å². The lowest BCUT2D eigenvalue weighted by atomic mass is 9.96. The molecule has 1 N–H and O–H groups in total. The quantitative estimate of drug-likeness (QED) is 0.623. The van der Waals surface area contributed by atoms with Crippen molar-refractivity contribution < 1.29 is 0 Å². The second kappa shape index (κ2) is 2.81. The zero-order valence-corrected chi connectivity index (χ0v) is 9.52. The fourth-order valence-corrected chi connectivity index (χ4v) is 1.86. The van der Waals surface area contributed by atoms with Gasteiger partial charge in [-0.05, 0) is 6.07 Å². The smallest absolute Gasteiger partial charge is 0.179 e. The van der Waals surface area contributed by atoms with Gasteiger partial charge in [-0.3, -0.25) is 4.40 Å². The molecule has 3 rings (SSSR count). The van der Waals surface area contributed by atoms with E-state index in [9.17, 15) is 0 Å². The maximum atomic E-state index is 4.29. The third-order valence-corrected chi connectivity index (χ3v) is 2.61. The first-order valence-electron chi connectivity index (χ1n) is 5.25. The molecule has 82 valence electrons. The van der Waals surface area contributed by atoms with Crippen LogP contribution in [0.4, 0.5) is 0 Å². The van der Waals surface area contributed by atoms with E-state index >= 15 is 0 Å². The number of hydrogen-bond acceptors (Lipinski definition) is 3. The van der Waals surface area contributed by atoms with Gasteiger partial charge in [-0.15, -0.1) is 10.2 Å². The molecule has 5 nitrogen and oxygen atoms in total.